The van der Waals surface area contributed by atoms with Crippen molar-refractivity contribution in [1.29, 1.82) is 0 Å². The number of nitrogens with zero attached hydrogens (tertiary/aromatic N) is 1. The molecule has 1 aliphatic rings. The zero-order valence-electron chi connectivity index (χ0n) is 16.9. The van der Waals surface area contributed by atoms with Crippen molar-refractivity contribution < 1.29 is 14.6 Å². The van der Waals surface area contributed by atoms with Crippen LogP contribution in [0.5, 0.6) is 17.2 Å². The normalized spacial score (nSPS) is 18.2. The molecule has 1 heterocycles. The van der Waals surface area contributed by atoms with Crippen molar-refractivity contribution in [3.8, 4) is 17.2 Å². The van der Waals surface area contributed by atoms with Crippen LogP contribution in [0.2, 0.25) is 0 Å². The van der Waals surface area contributed by atoms with Gasteiger partial charge in [0, 0.05) is 30.0 Å². The quantitative estimate of drug-likeness (QED) is 0.667. The number of fused-ring (bicyclic) bond motifs is 1. The minimum Gasteiger partial charge on any atom is -0.508 e. The van der Waals surface area contributed by atoms with Gasteiger partial charge in [-0.15, -0.1) is 0 Å². The Kier molecular flexibility index (Phi) is 5.72. The van der Waals surface area contributed by atoms with Gasteiger partial charge < -0.3 is 19.5 Å². The van der Waals surface area contributed by atoms with Crippen molar-refractivity contribution in [2.45, 2.75) is 11.8 Å². The third kappa shape index (κ3) is 4.38. The number of hydrogen-bond donors (Lipinski definition) is 1. The molecule has 1 aliphatic heterocycles. The lowest BCUT2D eigenvalue weighted by Gasteiger charge is -2.34. The fourth-order valence-corrected chi connectivity index (χ4v) is 3.92. The molecule has 4 rings (SSSR count). The van der Waals surface area contributed by atoms with Crippen LogP contribution < -0.4 is 9.47 Å². The number of aromatic hydroxyl groups is 1. The number of rotatable bonds is 6. The first kappa shape index (κ1) is 19.3. The molecule has 4 heteroatoms. The fourth-order valence-electron chi connectivity index (χ4n) is 3.92. The van der Waals surface area contributed by atoms with Gasteiger partial charge in [0.2, 0.25) is 0 Å². The summed E-state index contributed by atoms with van der Waals surface area (Å²) in [6.07, 6.45) is 0. The highest BCUT2D eigenvalue weighted by Gasteiger charge is 2.33. The fraction of sp³-hybridized carbons (Fsp3) is 0.280. The first-order chi connectivity index (χ1) is 14.1. The zero-order valence-corrected chi connectivity index (χ0v) is 16.9. The van der Waals surface area contributed by atoms with Crippen molar-refractivity contribution in [1.82, 2.24) is 4.90 Å². The van der Waals surface area contributed by atoms with Crippen LogP contribution in [0.25, 0.3) is 0 Å². The molecule has 0 aliphatic carbocycles. The average Bonchev–Trinajstić information content (AvgIpc) is 2.74. The van der Waals surface area contributed by atoms with E-state index < -0.39 is 0 Å². The van der Waals surface area contributed by atoms with Gasteiger partial charge in [0.15, 0.2) is 0 Å². The van der Waals surface area contributed by atoms with E-state index in [0.29, 0.717) is 13.2 Å². The first-order valence-corrected chi connectivity index (χ1v) is 10.00. The predicted octanol–water partition coefficient (Wildman–Crippen LogP) is 4.64. The molecular formula is C25H27NO3. The maximum absolute atomic E-state index is 9.89. The maximum atomic E-state index is 9.89. The summed E-state index contributed by atoms with van der Waals surface area (Å²) in [5.41, 5.74) is 3.57. The summed E-state index contributed by atoms with van der Waals surface area (Å²) in [6.45, 7) is 2.12. The van der Waals surface area contributed by atoms with Crippen LogP contribution in [0.4, 0.5) is 0 Å². The third-order valence-corrected chi connectivity index (χ3v) is 5.43. The summed E-state index contributed by atoms with van der Waals surface area (Å²) >= 11 is 0. The number of phenols is 1. The molecule has 150 valence electrons. The van der Waals surface area contributed by atoms with Crippen molar-refractivity contribution >= 4 is 0 Å². The molecule has 2 atom stereocenters. The molecule has 0 amide bonds. The van der Waals surface area contributed by atoms with Gasteiger partial charge >= 0.3 is 0 Å². The SMILES string of the molecule is CN(C)CCOc1ccc([C@@H]2c3ccc(O)cc3OC[C@H]2c2ccccc2)cc1. The van der Waals surface area contributed by atoms with E-state index in [1.165, 1.54) is 11.1 Å². The maximum Gasteiger partial charge on any atom is 0.126 e. The molecule has 0 bridgehead atoms. The van der Waals surface area contributed by atoms with Crippen LogP contribution in [0, 0.1) is 0 Å². The largest absolute Gasteiger partial charge is 0.508 e. The van der Waals surface area contributed by atoms with E-state index in [1.807, 2.05) is 38.4 Å². The standard InChI is InChI=1S/C25H27NO3/c1-26(2)14-15-28-21-11-8-19(9-12-21)25-22-13-10-20(27)16-24(22)29-17-23(25)18-6-4-3-5-7-18/h3-13,16,23,25,27H,14-15,17H2,1-2H3/t23-,25+/m0/s1. The molecule has 3 aromatic carbocycles. The minimum atomic E-state index is 0.151. The summed E-state index contributed by atoms with van der Waals surface area (Å²) in [5, 5.41) is 9.89. The summed E-state index contributed by atoms with van der Waals surface area (Å²) < 4.78 is 11.9. The van der Waals surface area contributed by atoms with E-state index in [9.17, 15) is 5.11 Å². The van der Waals surface area contributed by atoms with Crippen LogP contribution >= 0.6 is 0 Å². The second-order valence-corrected chi connectivity index (χ2v) is 7.75. The monoisotopic (exact) mass is 389 g/mol. The van der Waals surface area contributed by atoms with Gasteiger partial charge in [0.05, 0.1) is 6.61 Å². The Hall–Kier alpha value is -2.98. The van der Waals surface area contributed by atoms with Crippen molar-refractivity contribution in [3.63, 3.8) is 0 Å². The van der Waals surface area contributed by atoms with Crippen LogP contribution in [0.1, 0.15) is 28.5 Å². The lowest BCUT2D eigenvalue weighted by atomic mass is 9.76. The first-order valence-electron chi connectivity index (χ1n) is 10.00. The minimum absolute atomic E-state index is 0.151. The predicted molar refractivity (Wildman–Crippen MR) is 115 cm³/mol. The summed E-state index contributed by atoms with van der Waals surface area (Å²) in [7, 11) is 4.08. The van der Waals surface area contributed by atoms with E-state index in [-0.39, 0.29) is 17.6 Å². The van der Waals surface area contributed by atoms with Gasteiger partial charge in [-0.05, 0) is 43.4 Å². The smallest absolute Gasteiger partial charge is 0.126 e. The van der Waals surface area contributed by atoms with Crippen LogP contribution in [-0.4, -0.2) is 43.9 Å². The highest BCUT2D eigenvalue weighted by Crippen LogP contribution is 2.47. The van der Waals surface area contributed by atoms with Gasteiger partial charge in [-0.2, -0.15) is 0 Å². The van der Waals surface area contributed by atoms with Gasteiger partial charge in [-0.25, -0.2) is 0 Å². The highest BCUT2D eigenvalue weighted by molar-refractivity contribution is 5.50. The average molecular weight is 389 g/mol. The Morgan fingerprint density at radius 3 is 2.45 bits per heavy atom. The van der Waals surface area contributed by atoms with Crippen LogP contribution in [0.3, 0.4) is 0 Å². The molecule has 1 N–H and O–H groups in total. The molecule has 0 saturated carbocycles. The molecule has 0 fully saturated rings. The van der Waals surface area contributed by atoms with E-state index in [4.69, 9.17) is 9.47 Å². The number of ether oxygens (including phenoxy) is 2. The van der Waals surface area contributed by atoms with E-state index in [0.717, 1.165) is 23.6 Å². The summed E-state index contributed by atoms with van der Waals surface area (Å²) in [4.78, 5) is 2.10. The molecule has 0 radical (unpaired) electrons. The van der Waals surface area contributed by atoms with Crippen molar-refractivity contribution in [2.75, 3.05) is 33.9 Å². The summed E-state index contributed by atoms with van der Waals surface area (Å²) in [6, 6.07) is 24.3. The lowest BCUT2D eigenvalue weighted by Crippen LogP contribution is -2.25. The molecule has 0 spiro atoms. The van der Waals surface area contributed by atoms with E-state index in [1.54, 1.807) is 12.1 Å². The molecule has 0 unspecified atom stereocenters. The van der Waals surface area contributed by atoms with Gasteiger partial charge in [0.25, 0.3) is 0 Å². The van der Waals surface area contributed by atoms with Crippen LogP contribution in [0.15, 0.2) is 72.8 Å². The zero-order chi connectivity index (χ0) is 20.2. The third-order valence-electron chi connectivity index (χ3n) is 5.43. The molecule has 0 saturated heterocycles. The Labute approximate surface area is 172 Å². The second kappa shape index (κ2) is 8.58. The Bertz CT molecular complexity index is 938. The number of phenolic OH excluding ortho intramolecular Hbond substituents is 1. The molecule has 3 aromatic rings. The second-order valence-electron chi connectivity index (χ2n) is 7.75. The molecule has 29 heavy (non-hydrogen) atoms. The number of benzene rings is 3. The van der Waals surface area contributed by atoms with E-state index >= 15 is 0 Å². The molecule has 4 nitrogen and oxygen atoms in total. The Morgan fingerprint density at radius 1 is 0.966 bits per heavy atom. The Morgan fingerprint density at radius 2 is 1.72 bits per heavy atom. The van der Waals surface area contributed by atoms with Gasteiger partial charge in [-0.1, -0.05) is 48.5 Å². The summed E-state index contributed by atoms with van der Waals surface area (Å²) in [5.74, 6) is 2.22. The van der Waals surface area contributed by atoms with E-state index in [2.05, 4.69) is 41.3 Å². The van der Waals surface area contributed by atoms with Gasteiger partial charge in [0.1, 0.15) is 23.9 Å². The number of hydrogen-bond acceptors (Lipinski definition) is 4. The molecular weight excluding hydrogens is 362 g/mol. The van der Waals surface area contributed by atoms with Crippen molar-refractivity contribution in [3.05, 3.63) is 89.5 Å². The van der Waals surface area contributed by atoms with Gasteiger partial charge in [-0.3, -0.25) is 0 Å². The Balaban J connectivity index is 1.66. The topological polar surface area (TPSA) is 41.9 Å². The number of likely N-dealkylation sites (N-methyl/N-ethyl adjacent to an activating group) is 1. The highest BCUT2D eigenvalue weighted by atomic mass is 16.5. The lowest BCUT2D eigenvalue weighted by molar-refractivity contribution is 0.247. The molecule has 0 aromatic heterocycles. The van der Waals surface area contributed by atoms with Crippen molar-refractivity contribution in [2.24, 2.45) is 0 Å². The van der Waals surface area contributed by atoms with Crippen LogP contribution in [-0.2, 0) is 0 Å².